The monoisotopic (exact) mass is 300 g/mol. The first kappa shape index (κ1) is 15.2. The molecule has 1 aromatic carbocycles. The van der Waals surface area contributed by atoms with Crippen molar-refractivity contribution >= 4 is 5.69 Å². The van der Waals surface area contributed by atoms with Gasteiger partial charge in [-0.3, -0.25) is 0 Å². The van der Waals surface area contributed by atoms with E-state index in [-0.39, 0.29) is 0 Å². The molecule has 3 nitrogen and oxygen atoms in total. The molecule has 7 heteroatoms. The highest BCUT2D eigenvalue weighted by Crippen LogP contribution is 2.30. The molecular formula is C14H12F4N2O. The maximum Gasteiger partial charge on any atom is 0.253 e. The third-order valence-corrected chi connectivity index (χ3v) is 3.13. The zero-order valence-electron chi connectivity index (χ0n) is 11.0. The molecule has 0 aliphatic heterocycles. The minimum atomic E-state index is -1.76. The fourth-order valence-corrected chi connectivity index (χ4v) is 1.88. The first-order chi connectivity index (χ1) is 9.89. The van der Waals surface area contributed by atoms with Crippen molar-refractivity contribution in [2.75, 3.05) is 11.9 Å². The molecule has 112 valence electrons. The Morgan fingerprint density at radius 2 is 1.57 bits per heavy atom. The zero-order valence-corrected chi connectivity index (χ0v) is 11.0. The standard InChI is InChI=1S/C14H12F4N2O/c1-14(7-21,8-5-3-2-4-6-8)20-11-9(15)12(17)19-13(18)10(11)16/h2-6,21H,7H2,1H3,(H,19,20). The number of aromatic nitrogens is 1. The molecule has 2 N–H and O–H groups in total. The van der Waals surface area contributed by atoms with Crippen LogP contribution in [0.4, 0.5) is 23.2 Å². The third-order valence-electron chi connectivity index (χ3n) is 3.13. The lowest BCUT2D eigenvalue weighted by atomic mass is 9.92. The molecule has 0 aliphatic rings. The summed E-state index contributed by atoms with van der Waals surface area (Å²) in [5, 5.41) is 11.8. The van der Waals surface area contributed by atoms with Crippen LogP contribution in [0.1, 0.15) is 12.5 Å². The molecule has 1 unspecified atom stereocenters. The average molecular weight is 300 g/mol. The van der Waals surface area contributed by atoms with Crippen LogP contribution in [-0.2, 0) is 5.54 Å². The predicted octanol–water partition coefficient (Wildman–Crippen LogP) is 2.96. The summed E-state index contributed by atoms with van der Waals surface area (Å²) < 4.78 is 53.5. The van der Waals surface area contributed by atoms with Crippen LogP contribution in [0.25, 0.3) is 0 Å². The number of benzene rings is 1. The van der Waals surface area contributed by atoms with E-state index in [0.29, 0.717) is 5.56 Å². The third kappa shape index (κ3) is 2.82. The van der Waals surface area contributed by atoms with Crippen LogP contribution in [0.2, 0.25) is 0 Å². The van der Waals surface area contributed by atoms with Gasteiger partial charge in [0.25, 0.3) is 11.9 Å². The van der Waals surface area contributed by atoms with Crippen molar-refractivity contribution in [3.05, 3.63) is 59.4 Å². The Kier molecular flexibility index (Phi) is 4.13. The molecule has 0 spiro atoms. The van der Waals surface area contributed by atoms with E-state index in [4.69, 9.17) is 0 Å². The van der Waals surface area contributed by atoms with Crippen LogP contribution < -0.4 is 5.32 Å². The molecule has 0 amide bonds. The summed E-state index contributed by atoms with van der Waals surface area (Å²) >= 11 is 0. The highest BCUT2D eigenvalue weighted by atomic mass is 19.2. The van der Waals surface area contributed by atoms with Crippen LogP contribution >= 0.6 is 0 Å². The van der Waals surface area contributed by atoms with Crippen LogP contribution in [0.3, 0.4) is 0 Å². The van der Waals surface area contributed by atoms with Gasteiger partial charge < -0.3 is 10.4 Å². The maximum atomic E-state index is 13.6. The van der Waals surface area contributed by atoms with Gasteiger partial charge in [0.05, 0.1) is 12.1 Å². The highest BCUT2D eigenvalue weighted by molar-refractivity contribution is 5.49. The molecule has 0 saturated heterocycles. The normalized spacial score (nSPS) is 13.8. The summed E-state index contributed by atoms with van der Waals surface area (Å²) in [6.45, 7) is 0.888. The van der Waals surface area contributed by atoms with Gasteiger partial charge in [-0.15, -0.1) is 0 Å². The van der Waals surface area contributed by atoms with Gasteiger partial charge >= 0.3 is 0 Å². The number of halogens is 4. The number of nitrogens with zero attached hydrogens (tertiary/aromatic N) is 1. The molecule has 2 aromatic rings. The number of anilines is 1. The number of nitrogens with one attached hydrogen (secondary N) is 1. The van der Waals surface area contributed by atoms with Crippen molar-refractivity contribution in [2.45, 2.75) is 12.5 Å². The van der Waals surface area contributed by atoms with Crippen LogP contribution in [0.15, 0.2) is 30.3 Å². The molecule has 0 aliphatic carbocycles. The quantitative estimate of drug-likeness (QED) is 0.674. The summed E-state index contributed by atoms with van der Waals surface area (Å²) in [5.74, 6) is -6.82. The summed E-state index contributed by atoms with van der Waals surface area (Å²) in [6, 6.07) is 8.24. The first-order valence-electron chi connectivity index (χ1n) is 6.03. The van der Waals surface area contributed by atoms with E-state index >= 15 is 0 Å². The van der Waals surface area contributed by atoms with Crippen molar-refractivity contribution in [1.29, 1.82) is 0 Å². The van der Waals surface area contributed by atoms with E-state index < -0.39 is 41.4 Å². The summed E-state index contributed by atoms with van der Waals surface area (Å²) in [7, 11) is 0. The Morgan fingerprint density at radius 1 is 1.05 bits per heavy atom. The number of hydrogen-bond acceptors (Lipinski definition) is 3. The predicted molar refractivity (Wildman–Crippen MR) is 68.6 cm³/mol. The lowest BCUT2D eigenvalue weighted by Crippen LogP contribution is -2.37. The Balaban J connectivity index is 2.49. The van der Waals surface area contributed by atoms with Crippen molar-refractivity contribution in [3.63, 3.8) is 0 Å². The Hall–Kier alpha value is -2.15. The minimum absolute atomic E-state index is 0.490. The van der Waals surface area contributed by atoms with Crippen molar-refractivity contribution < 1.29 is 22.7 Å². The van der Waals surface area contributed by atoms with Crippen molar-refractivity contribution in [3.8, 4) is 0 Å². The number of aliphatic hydroxyl groups excluding tert-OH is 1. The topological polar surface area (TPSA) is 45.1 Å². The molecule has 0 bridgehead atoms. The largest absolute Gasteiger partial charge is 0.394 e. The van der Waals surface area contributed by atoms with Gasteiger partial charge in [0.15, 0.2) is 0 Å². The second-order valence-corrected chi connectivity index (χ2v) is 4.68. The Bertz CT molecular complexity index is 625. The minimum Gasteiger partial charge on any atom is -0.394 e. The van der Waals surface area contributed by atoms with E-state index in [2.05, 4.69) is 10.3 Å². The van der Waals surface area contributed by atoms with Gasteiger partial charge in [-0.1, -0.05) is 30.3 Å². The molecule has 2 rings (SSSR count). The maximum absolute atomic E-state index is 13.6. The van der Waals surface area contributed by atoms with Gasteiger partial charge in [-0.25, -0.2) is 0 Å². The van der Waals surface area contributed by atoms with Gasteiger partial charge in [-0.05, 0) is 12.5 Å². The molecule has 1 aromatic heterocycles. The SMILES string of the molecule is CC(CO)(Nc1c(F)c(F)nc(F)c1F)c1ccccc1. The molecule has 21 heavy (non-hydrogen) atoms. The van der Waals surface area contributed by atoms with Crippen LogP contribution in [0, 0.1) is 23.5 Å². The Labute approximate surface area is 118 Å². The molecule has 1 heterocycles. The number of pyridine rings is 1. The average Bonchev–Trinajstić information content (AvgIpc) is 2.50. The fourth-order valence-electron chi connectivity index (χ4n) is 1.88. The van der Waals surface area contributed by atoms with Crippen LogP contribution in [0.5, 0.6) is 0 Å². The van der Waals surface area contributed by atoms with E-state index in [9.17, 15) is 22.7 Å². The van der Waals surface area contributed by atoms with Crippen LogP contribution in [-0.4, -0.2) is 16.7 Å². The second kappa shape index (κ2) is 5.69. The second-order valence-electron chi connectivity index (χ2n) is 4.68. The first-order valence-corrected chi connectivity index (χ1v) is 6.03. The summed E-state index contributed by atoms with van der Waals surface area (Å²) in [5.41, 5.74) is -1.85. The molecule has 0 radical (unpaired) electrons. The number of aliphatic hydroxyl groups is 1. The fraction of sp³-hybridized carbons (Fsp3) is 0.214. The molecule has 1 atom stereocenters. The van der Waals surface area contributed by atoms with Gasteiger partial charge in [0, 0.05) is 0 Å². The summed E-state index contributed by atoms with van der Waals surface area (Å²) in [4.78, 5) is 2.48. The number of rotatable bonds is 4. The molecular weight excluding hydrogens is 288 g/mol. The summed E-state index contributed by atoms with van der Waals surface area (Å²) in [6.07, 6.45) is 0. The van der Waals surface area contributed by atoms with E-state index in [1.165, 1.54) is 6.92 Å². The van der Waals surface area contributed by atoms with Gasteiger partial charge in [0.1, 0.15) is 5.69 Å². The number of hydrogen-bond donors (Lipinski definition) is 2. The van der Waals surface area contributed by atoms with E-state index in [1.54, 1.807) is 30.3 Å². The van der Waals surface area contributed by atoms with E-state index in [1.807, 2.05) is 0 Å². The lowest BCUT2D eigenvalue weighted by molar-refractivity contribution is 0.222. The Morgan fingerprint density at radius 3 is 2.05 bits per heavy atom. The van der Waals surface area contributed by atoms with Gasteiger partial charge in [0.2, 0.25) is 11.6 Å². The molecule has 0 fully saturated rings. The molecule has 0 saturated carbocycles. The smallest absolute Gasteiger partial charge is 0.253 e. The zero-order chi connectivity index (χ0) is 15.6. The lowest BCUT2D eigenvalue weighted by Gasteiger charge is -2.30. The van der Waals surface area contributed by atoms with Gasteiger partial charge in [-0.2, -0.15) is 22.5 Å². The van der Waals surface area contributed by atoms with Crippen molar-refractivity contribution in [1.82, 2.24) is 4.98 Å². The highest BCUT2D eigenvalue weighted by Gasteiger charge is 2.30. The van der Waals surface area contributed by atoms with E-state index in [0.717, 1.165) is 0 Å². The van der Waals surface area contributed by atoms with Crippen molar-refractivity contribution in [2.24, 2.45) is 0 Å².